The van der Waals surface area contributed by atoms with E-state index < -0.39 is 6.04 Å². The third-order valence-corrected chi connectivity index (χ3v) is 7.19. The van der Waals surface area contributed by atoms with Crippen molar-refractivity contribution in [2.75, 3.05) is 19.1 Å². The van der Waals surface area contributed by atoms with Crippen LogP contribution in [0.5, 0.6) is 11.5 Å². The Morgan fingerprint density at radius 1 is 0.857 bits per heavy atom. The van der Waals surface area contributed by atoms with Crippen LogP contribution in [-0.4, -0.2) is 26.0 Å². The lowest BCUT2D eigenvalue weighted by molar-refractivity contribution is -0.129. The molecule has 1 aliphatic heterocycles. The van der Waals surface area contributed by atoms with E-state index in [1.807, 2.05) is 60.7 Å². The molecule has 5 rings (SSSR count). The molecule has 0 bridgehead atoms. The molecular weight excluding hydrogens is 440 g/mol. The van der Waals surface area contributed by atoms with Gasteiger partial charge in [0.25, 0.3) is 0 Å². The number of hydrogen-bond donors (Lipinski definition) is 1. The van der Waals surface area contributed by atoms with Crippen LogP contribution in [0.2, 0.25) is 0 Å². The first kappa shape index (κ1) is 23.0. The maximum Gasteiger partial charge on any atom is 0.227 e. The molecule has 2 amide bonds. The number of carbonyl (C=O) groups is 2. The normalized spacial score (nSPS) is 21.4. The first-order chi connectivity index (χ1) is 17.1. The second-order valence-corrected chi connectivity index (χ2v) is 9.12. The van der Waals surface area contributed by atoms with Crippen LogP contribution in [0.3, 0.4) is 0 Å². The van der Waals surface area contributed by atoms with Crippen LogP contribution >= 0.6 is 0 Å². The summed E-state index contributed by atoms with van der Waals surface area (Å²) in [6, 6.07) is 23.0. The van der Waals surface area contributed by atoms with E-state index in [4.69, 9.17) is 9.47 Å². The highest BCUT2D eigenvalue weighted by molar-refractivity contribution is 5.97. The van der Waals surface area contributed by atoms with Crippen LogP contribution in [-0.2, 0) is 16.0 Å². The van der Waals surface area contributed by atoms with Crippen LogP contribution in [0.25, 0.3) is 0 Å². The molecule has 1 fully saturated rings. The number of anilines is 1. The maximum atomic E-state index is 13.8. The summed E-state index contributed by atoms with van der Waals surface area (Å²) in [6.45, 7) is 0. The van der Waals surface area contributed by atoms with Crippen LogP contribution in [0.4, 0.5) is 5.69 Å². The molecule has 1 aliphatic carbocycles. The Bertz CT molecular complexity index is 1210. The summed E-state index contributed by atoms with van der Waals surface area (Å²) < 4.78 is 10.6. The Kier molecular flexibility index (Phi) is 6.45. The number of carbonyl (C=O) groups excluding carboxylic acids is 2. The zero-order chi connectivity index (χ0) is 24.4. The van der Waals surface area contributed by atoms with Gasteiger partial charge in [-0.05, 0) is 72.4 Å². The van der Waals surface area contributed by atoms with Gasteiger partial charge < -0.3 is 19.7 Å². The molecule has 35 heavy (non-hydrogen) atoms. The fourth-order valence-corrected chi connectivity index (χ4v) is 5.38. The maximum absolute atomic E-state index is 13.8. The number of amides is 2. The van der Waals surface area contributed by atoms with Gasteiger partial charge in [0.2, 0.25) is 11.8 Å². The van der Waals surface area contributed by atoms with E-state index in [0.29, 0.717) is 18.6 Å². The molecule has 1 saturated heterocycles. The Morgan fingerprint density at radius 2 is 1.51 bits per heavy atom. The van der Waals surface area contributed by atoms with Crippen molar-refractivity contribution in [3.63, 3.8) is 0 Å². The van der Waals surface area contributed by atoms with E-state index in [-0.39, 0.29) is 23.8 Å². The number of fused-ring (bicyclic) bond motifs is 1. The summed E-state index contributed by atoms with van der Waals surface area (Å²) in [6.07, 6.45) is 2.68. The van der Waals surface area contributed by atoms with Crippen LogP contribution < -0.4 is 19.7 Å². The van der Waals surface area contributed by atoms with Gasteiger partial charge in [-0.25, -0.2) is 0 Å². The van der Waals surface area contributed by atoms with Gasteiger partial charge in [-0.2, -0.15) is 0 Å². The Morgan fingerprint density at radius 3 is 2.20 bits per heavy atom. The number of aryl methyl sites for hydroxylation is 1. The zero-order valence-electron chi connectivity index (χ0n) is 20.1. The molecule has 1 heterocycles. The molecule has 1 N–H and O–H groups in total. The van der Waals surface area contributed by atoms with Gasteiger partial charge in [-0.1, -0.05) is 36.4 Å². The molecular formula is C29H30N2O4. The summed E-state index contributed by atoms with van der Waals surface area (Å²) >= 11 is 0. The lowest BCUT2D eigenvalue weighted by Gasteiger charge is -2.41. The molecule has 6 nitrogen and oxygen atoms in total. The van der Waals surface area contributed by atoms with Gasteiger partial charge >= 0.3 is 0 Å². The Balaban J connectivity index is 1.49. The van der Waals surface area contributed by atoms with Crippen LogP contribution in [0.15, 0.2) is 72.8 Å². The lowest BCUT2D eigenvalue weighted by Crippen LogP contribution is -2.48. The van der Waals surface area contributed by atoms with Crippen LogP contribution in [0, 0.1) is 5.92 Å². The summed E-state index contributed by atoms with van der Waals surface area (Å²) in [4.78, 5) is 28.8. The minimum absolute atomic E-state index is 0.00211. The highest BCUT2D eigenvalue weighted by Gasteiger charge is 2.42. The number of hydrogen-bond acceptors (Lipinski definition) is 4. The van der Waals surface area contributed by atoms with Crippen molar-refractivity contribution in [3.8, 4) is 11.5 Å². The molecule has 3 aromatic rings. The van der Waals surface area contributed by atoms with Gasteiger partial charge in [-0.3, -0.25) is 9.59 Å². The minimum Gasteiger partial charge on any atom is -0.497 e. The molecule has 6 heteroatoms. The van der Waals surface area contributed by atoms with Gasteiger partial charge in [0, 0.05) is 12.1 Å². The smallest absolute Gasteiger partial charge is 0.227 e. The van der Waals surface area contributed by atoms with Crippen molar-refractivity contribution < 1.29 is 19.1 Å². The van der Waals surface area contributed by atoms with E-state index in [2.05, 4.69) is 17.4 Å². The highest BCUT2D eigenvalue weighted by Crippen LogP contribution is 2.41. The van der Waals surface area contributed by atoms with Crippen molar-refractivity contribution in [1.82, 2.24) is 5.32 Å². The Labute approximate surface area is 205 Å². The Hall–Kier alpha value is -3.80. The zero-order valence-corrected chi connectivity index (χ0v) is 20.1. The predicted molar refractivity (Wildman–Crippen MR) is 135 cm³/mol. The number of ether oxygens (including phenoxy) is 2. The summed E-state index contributed by atoms with van der Waals surface area (Å²) in [5.41, 5.74) is 4.14. The molecule has 3 aromatic carbocycles. The molecule has 2 aliphatic rings. The fourth-order valence-electron chi connectivity index (χ4n) is 5.38. The third-order valence-electron chi connectivity index (χ3n) is 7.19. The number of nitrogens with one attached hydrogen (secondary N) is 1. The SMILES string of the molecule is COc1ccc(C2C(C(=O)NC3CCc4ccccc43)CCC(=O)N2c2ccc(OC)cc2)cc1. The molecule has 0 radical (unpaired) electrons. The van der Waals surface area contributed by atoms with Gasteiger partial charge in [0.1, 0.15) is 11.5 Å². The lowest BCUT2D eigenvalue weighted by atomic mass is 9.83. The van der Waals surface area contributed by atoms with E-state index in [1.165, 1.54) is 11.1 Å². The van der Waals surface area contributed by atoms with Gasteiger partial charge in [-0.15, -0.1) is 0 Å². The fraction of sp³-hybridized carbons (Fsp3) is 0.310. The van der Waals surface area contributed by atoms with Crippen molar-refractivity contribution in [3.05, 3.63) is 89.5 Å². The summed E-state index contributed by atoms with van der Waals surface area (Å²) in [7, 11) is 3.24. The minimum atomic E-state index is -0.424. The van der Waals surface area contributed by atoms with Gasteiger partial charge in [0.05, 0.1) is 32.2 Å². The number of piperidine rings is 1. The molecule has 3 atom stereocenters. The van der Waals surface area contributed by atoms with Gasteiger partial charge in [0.15, 0.2) is 0 Å². The second-order valence-electron chi connectivity index (χ2n) is 9.12. The van der Waals surface area contributed by atoms with E-state index in [1.54, 1.807) is 19.1 Å². The average Bonchev–Trinajstić information content (AvgIpc) is 3.31. The first-order valence-electron chi connectivity index (χ1n) is 12.1. The number of methoxy groups -OCH3 is 2. The van der Waals surface area contributed by atoms with E-state index >= 15 is 0 Å². The summed E-state index contributed by atoms with van der Waals surface area (Å²) in [5, 5.41) is 3.31. The van der Waals surface area contributed by atoms with Crippen molar-refractivity contribution in [1.29, 1.82) is 0 Å². The number of benzene rings is 3. The quantitative estimate of drug-likeness (QED) is 0.551. The van der Waals surface area contributed by atoms with Crippen molar-refractivity contribution >= 4 is 17.5 Å². The van der Waals surface area contributed by atoms with Crippen molar-refractivity contribution in [2.45, 2.75) is 37.8 Å². The monoisotopic (exact) mass is 470 g/mol. The highest BCUT2D eigenvalue weighted by atomic mass is 16.5. The standard InChI is InChI=1S/C29H30N2O4/c1-34-22-12-7-20(8-13-22)28-25(29(33)30-26-17-9-19-5-3-4-6-24(19)26)16-18-27(32)31(28)21-10-14-23(35-2)15-11-21/h3-8,10-15,25-26,28H,9,16-18H2,1-2H3,(H,30,33). The summed E-state index contributed by atoms with van der Waals surface area (Å²) in [5.74, 6) is 1.06. The van der Waals surface area contributed by atoms with Crippen LogP contribution in [0.1, 0.15) is 48.0 Å². The first-order valence-corrected chi connectivity index (χ1v) is 12.1. The van der Waals surface area contributed by atoms with E-state index in [0.717, 1.165) is 29.8 Å². The number of rotatable bonds is 6. The largest absolute Gasteiger partial charge is 0.497 e. The average molecular weight is 471 g/mol. The molecule has 0 saturated carbocycles. The molecule has 0 spiro atoms. The van der Waals surface area contributed by atoms with E-state index in [9.17, 15) is 9.59 Å². The second kappa shape index (κ2) is 9.82. The van der Waals surface area contributed by atoms with Crippen molar-refractivity contribution in [2.24, 2.45) is 5.92 Å². The topological polar surface area (TPSA) is 67.9 Å². The molecule has 180 valence electrons. The molecule has 3 unspecified atom stereocenters. The molecule has 0 aromatic heterocycles. The number of nitrogens with zero attached hydrogens (tertiary/aromatic N) is 1. The predicted octanol–water partition coefficient (Wildman–Crippen LogP) is 4.99. The third kappa shape index (κ3) is 4.48.